The number of alkyl halides is 2. The highest BCUT2D eigenvalue weighted by Crippen LogP contribution is 2.09. The van der Waals surface area contributed by atoms with Crippen molar-refractivity contribution in [2.75, 3.05) is 6.54 Å². The Morgan fingerprint density at radius 2 is 2.21 bits per heavy atom. The summed E-state index contributed by atoms with van der Waals surface area (Å²) in [7, 11) is 0. The molecule has 1 N–H and O–H groups in total. The van der Waals surface area contributed by atoms with Crippen LogP contribution in [-0.2, 0) is 6.54 Å². The Labute approximate surface area is 82.1 Å². The second-order valence-corrected chi connectivity index (χ2v) is 3.61. The third-order valence-electron chi connectivity index (χ3n) is 1.74. The maximum Gasteiger partial charge on any atom is 0.319 e. The zero-order chi connectivity index (χ0) is 10.6. The molecule has 80 valence electrons. The number of aromatic nitrogens is 2. The quantitative estimate of drug-likeness (QED) is 0.793. The number of halogens is 2. The SMILES string of the molecule is CC(C)CNCc1cn(C(F)F)cn1. The minimum absolute atomic E-state index is 0.540. The molecule has 5 heteroatoms. The maximum absolute atomic E-state index is 12.1. The highest BCUT2D eigenvalue weighted by atomic mass is 19.3. The molecule has 0 unspecified atom stereocenters. The number of hydrogen-bond donors (Lipinski definition) is 1. The second-order valence-electron chi connectivity index (χ2n) is 3.61. The molecule has 0 amide bonds. The maximum atomic E-state index is 12.1. The number of nitrogens with zero attached hydrogens (tertiary/aromatic N) is 2. The molecule has 0 radical (unpaired) electrons. The van der Waals surface area contributed by atoms with Crippen LogP contribution in [0.2, 0.25) is 0 Å². The van der Waals surface area contributed by atoms with Gasteiger partial charge < -0.3 is 5.32 Å². The third kappa shape index (κ3) is 3.41. The third-order valence-corrected chi connectivity index (χ3v) is 1.74. The van der Waals surface area contributed by atoms with Crippen molar-refractivity contribution < 1.29 is 8.78 Å². The van der Waals surface area contributed by atoms with Crippen LogP contribution < -0.4 is 5.32 Å². The van der Waals surface area contributed by atoms with Crippen molar-refractivity contribution in [3.63, 3.8) is 0 Å². The van der Waals surface area contributed by atoms with E-state index in [4.69, 9.17) is 0 Å². The zero-order valence-corrected chi connectivity index (χ0v) is 8.37. The van der Waals surface area contributed by atoms with Crippen molar-refractivity contribution in [2.24, 2.45) is 5.92 Å². The fourth-order valence-corrected chi connectivity index (χ4v) is 1.07. The largest absolute Gasteiger partial charge is 0.319 e. The van der Waals surface area contributed by atoms with Gasteiger partial charge in [0.15, 0.2) is 0 Å². The highest BCUT2D eigenvalue weighted by Gasteiger charge is 2.06. The highest BCUT2D eigenvalue weighted by molar-refractivity contribution is 4.96. The molecule has 0 aromatic carbocycles. The van der Waals surface area contributed by atoms with Crippen LogP contribution in [0.25, 0.3) is 0 Å². The first kappa shape index (κ1) is 11.1. The number of imidazole rings is 1. The molecular formula is C9H15F2N3. The molecule has 3 nitrogen and oxygen atoms in total. The van der Waals surface area contributed by atoms with E-state index in [-0.39, 0.29) is 0 Å². The van der Waals surface area contributed by atoms with E-state index >= 15 is 0 Å². The molecule has 0 spiro atoms. The van der Waals surface area contributed by atoms with Crippen LogP contribution in [-0.4, -0.2) is 16.1 Å². The first-order chi connectivity index (χ1) is 6.59. The molecule has 0 fully saturated rings. The van der Waals surface area contributed by atoms with Gasteiger partial charge in [-0.2, -0.15) is 8.78 Å². The normalized spacial score (nSPS) is 11.6. The Morgan fingerprint density at radius 1 is 1.50 bits per heavy atom. The summed E-state index contributed by atoms with van der Waals surface area (Å²) in [6.07, 6.45) is 2.51. The van der Waals surface area contributed by atoms with Gasteiger partial charge in [0, 0.05) is 12.7 Å². The first-order valence-electron chi connectivity index (χ1n) is 4.61. The molecular weight excluding hydrogens is 188 g/mol. The monoisotopic (exact) mass is 203 g/mol. The Hall–Kier alpha value is -0.970. The van der Waals surface area contributed by atoms with Crippen molar-refractivity contribution in [1.82, 2.24) is 14.9 Å². The summed E-state index contributed by atoms with van der Waals surface area (Å²) >= 11 is 0. The topological polar surface area (TPSA) is 29.9 Å². The summed E-state index contributed by atoms with van der Waals surface area (Å²) < 4.78 is 25.1. The van der Waals surface area contributed by atoms with E-state index in [1.54, 1.807) is 0 Å². The van der Waals surface area contributed by atoms with Gasteiger partial charge in [-0.15, -0.1) is 0 Å². The molecule has 0 saturated heterocycles. The van der Waals surface area contributed by atoms with Gasteiger partial charge in [0.25, 0.3) is 0 Å². The Kier molecular flexibility index (Phi) is 4.00. The minimum Gasteiger partial charge on any atom is -0.311 e. The number of hydrogen-bond acceptors (Lipinski definition) is 2. The lowest BCUT2D eigenvalue weighted by atomic mass is 10.2. The standard InChI is InChI=1S/C9H15F2N3/c1-7(2)3-12-4-8-5-14(6-13-8)9(10)11/h5-7,9,12H,3-4H2,1-2H3. The number of rotatable bonds is 5. The number of nitrogens with one attached hydrogen (secondary N) is 1. The first-order valence-corrected chi connectivity index (χ1v) is 4.61. The van der Waals surface area contributed by atoms with Crippen LogP contribution in [0.5, 0.6) is 0 Å². The van der Waals surface area contributed by atoms with E-state index in [9.17, 15) is 8.78 Å². The molecule has 1 rings (SSSR count). The average Bonchev–Trinajstić information content (AvgIpc) is 2.52. The average molecular weight is 203 g/mol. The molecule has 1 aromatic heterocycles. The van der Waals surface area contributed by atoms with Gasteiger partial charge in [-0.3, -0.25) is 4.57 Å². The predicted octanol–water partition coefficient (Wildman–Crippen LogP) is 2.02. The van der Waals surface area contributed by atoms with E-state index in [0.29, 0.717) is 18.2 Å². The Balaban J connectivity index is 2.36. The molecule has 14 heavy (non-hydrogen) atoms. The van der Waals surface area contributed by atoms with E-state index in [1.165, 1.54) is 6.20 Å². The van der Waals surface area contributed by atoms with Crippen LogP contribution in [0, 0.1) is 5.92 Å². The van der Waals surface area contributed by atoms with Crippen molar-refractivity contribution in [2.45, 2.75) is 26.9 Å². The van der Waals surface area contributed by atoms with Gasteiger partial charge in [-0.25, -0.2) is 4.98 Å². The smallest absolute Gasteiger partial charge is 0.311 e. The molecule has 0 aliphatic heterocycles. The molecule has 0 aliphatic rings. The fourth-order valence-electron chi connectivity index (χ4n) is 1.07. The molecule has 1 heterocycles. The van der Waals surface area contributed by atoms with Crippen molar-refractivity contribution in [3.8, 4) is 0 Å². The zero-order valence-electron chi connectivity index (χ0n) is 8.37. The second kappa shape index (κ2) is 5.05. The van der Waals surface area contributed by atoms with Gasteiger partial charge in [-0.05, 0) is 12.5 Å². The fraction of sp³-hybridized carbons (Fsp3) is 0.667. The van der Waals surface area contributed by atoms with Gasteiger partial charge in [0.05, 0.1) is 12.0 Å². The lowest BCUT2D eigenvalue weighted by Crippen LogP contribution is -2.19. The van der Waals surface area contributed by atoms with Crippen LogP contribution in [0.3, 0.4) is 0 Å². The summed E-state index contributed by atoms with van der Waals surface area (Å²) in [6, 6.07) is 0. The lowest BCUT2D eigenvalue weighted by molar-refractivity contribution is 0.0700. The van der Waals surface area contributed by atoms with Crippen LogP contribution in [0.15, 0.2) is 12.5 Å². The molecule has 0 aliphatic carbocycles. The van der Waals surface area contributed by atoms with Crippen molar-refractivity contribution >= 4 is 0 Å². The predicted molar refractivity (Wildman–Crippen MR) is 50.0 cm³/mol. The molecule has 1 aromatic rings. The van der Waals surface area contributed by atoms with E-state index in [1.807, 2.05) is 0 Å². The summed E-state index contributed by atoms with van der Waals surface area (Å²) in [6.45, 7) is 3.08. The van der Waals surface area contributed by atoms with Crippen molar-refractivity contribution in [3.05, 3.63) is 18.2 Å². The summed E-state index contributed by atoms with van der Waals surface area (Å²) in [5.41, 5.74) is 0.644. The van der Waals surface area contributed by atoms with Crippen LogP contribution in [0.1, 0.15) is 26.1 Å². The Morgan fingerprint density at radius 3 is 2.71 bits per heavy atom. The van der Waals surface area contributed by atoms with Crippen molar-refractivity contribution in [1.29, 1.82) is 0 Å². The van der Waals surface area contributed by atoms with E-state index in [0.717, 1.165) is 17.4 Å². The van der Waals surface area contributed by atoms with E-state index in [2.05, 4.69) is 24.1 Å². The van der Waals surface area contributed by atoms with Gasteiger partial charge >= 0.3 is 6.55 Å². The minimum atomic E-state index is -2.50. The Bertz CT molecular complexity index is 271. The lowest BCUT2D eigenvalue weighted by Gasteiger charge is -2.04. The molecule has 0 bridgehead atoms. The van der Waals surface area contributed by atoms with Crippen LogP contribution in [0.4, 0.5) is 8.78 Å². The summed E-state index contributed by atoms with van der Waals surface area (Å²) in [4.78, 5) is 3.85. The van der Waals surface area contributed by atoms with Gasteiger partial charge in [0.2, 0.25) is 0 Å². The van der Waals surface area contributed by atoms with Gasteiger partial charge in [0.1, 0.15) is 0 Å². The summed E-state index contributed by atoms with van der Waals surface area (Å²) in [5.74, 6) is 0.548. The molecule has 0 saturated carbocycles. The van der Waals surface area contributed by atoms with Crippen LogP contribution >= 0.6 is 0 Å². The van der Waals surface area contributed by atoms with E-state index < -0.39 is 6.55 Å². The molecule has 0 atom stereocenters. The summed E-state index contributed by atoms with van der Waals surface area (Å²) in [5, 5.41) is 3.13. The van der Waals surface area contributed by atoms with Gasteiger partial charge in [-0.1, -0.05) is 13.8 Å².